The monoisotopic (exact) mass is 361 g/mol. The quantitative estimate of drug-likeness (QED) is 0.716. The van der Waals surface area contributed by atoms with E-state index in [1.54, 1.807) is 0 Å². The highest BCUT2D eigenvalue weighted by Gasteiger charge is 2.19. The van der Waals surface area contributed by atoms with Crippen LogP contribution in [0.1, 0.15) is 50.5 Å². The molecule has 0 radical (unpaired) electrons. The van der Waals surface area contributed by atoms with Gasteiger partial charge >= 0.3 is 0 Å². The van der Waals surface area contributed by atoms with Crippen LogP contribution in [0, 0.1) is 5.92 Å². The SMILES string of the molecule is CC(C)c1cc(CNCCC2CCN(c3cccc(Cl)c3)CC2)on1. The van der Waals surface area contributed by atoms with Gasteiger partial charge in [0, 0.05) is 29.9 Å². The molecule has 0 atom stereocenters. The van der Waals surface area contributed by atoms with E-state index < -0.39 is 0 Å². The second-order valence-corrected chi connectivity index (χ2v) is 7.68. The van der Waals surface area contributed by atoms with E-state index in [-0.39, 0.29) is 0 Å². The number of hydrogen-bond donors (Lipinski definition) is 1. The third-order valence-corrected chi connectivity index (χ3v) is 5.22. The second kappa shape index (κ2) is 8.72. The van der Waals surface area contributed by atoms with Crippen LogP contribution in [0.2, 0.25) is 5.02 Å². The molecule has 1 N–H and O–H groups in total. The zero-order chi connectivity index (χ0) is 17.6. The second-order valence-electron chi connectivity index (χ2n) is 7.25. The molecule has 4 nitrogen and oxygen atoms in total. The molecule has 0 aliphatic carbocycles. The number of anilines is 1. The lowest BCUT2D eigenvalue weighted by Gasteiger charge is -2.33. The van der Waals surface area contributed by atoms with Crippen LogP contribution >= 0.6 is 11.6 Å². The summed E-state index contributed by atoms with van der Waals surface area (Å²) in [5.74, 6) is 2.14. The van der Waals surface area contributed by atoms with Gasteiger partial charge in [-0.3, -0.25) is 0 Å². The third kappa shape index (κ3) is 5.23. The number of nitrogens with one attached hydrogen (secondary N) is 1. The highest BCUT2D eigenvalue weighted by molar-refractivity contribution is 6.30. The van der Waals surface area contributed by atoms with Crippen LogP contribution in [0.25, 0.3) is 0 Å². The van der Waals surface area contributed by atoms with Crippen molar-refractivity contribution in [3.63, 3.8) is 0 Å². The lowest BCUT2D eigenvalue weighted by atomic mass is 9.93. The Morgan fingerprint density at radius 2 is 2.08 bits per heavy atom. The molecule has 2 aromatic rings. The van der Waals surface area contributed by atoms with Gasteiger partial charge in [-0.25, -0.2) is 0 Å². The molecule has 1 aliphatic rings. The summed E-state index contributed by atoms with van der Waals surface area (Å²) >= 11 is 6.10. The Morgan fingerprint density at radius 3 is 2.76 bits per heavy atom. The maximum Gasteiger partial charge on any atom is 0.150 e. The van der Waals surface area contributed by atoms with Crippen molar-refractivity contribution in [2.24, 2.45) is 5.92 Å². The van der Waals surface area contributed by atoms with Crippen LogP contribution < -0.4 is 10.2 Å². The molecule has 1 aliphatic heterocycles. The minimum absolute atomic E-state index is 0.419. The van der Waals surface area contributed by atoms with Crippen molar-refractivity contribution in [3.8, 4) is 0 Å². The summed E-state index contributed by atoms with van der Waals surface area (Å²) in [6, 6.07) is 10.2. The molecule has 0 spiro atoms. The fraction of sp³-hybridized carbons (Fsp3) is 0.550. The molecule has 3 rings (SSSR count). The summed E-state index contributed by atoms with van der Waals surface area (Å²) in [5.41, 5.74) is 2.28. The summed E-state index contributed by atoms with van der Waals surface area (Å²) in [6.45, 7) is 8.28. The van der Waals surface area contributed by atoms with Gasteiger partial charge in [0.15, 0.2) is 5.76 Å². The van der Waals surface area contributed by atoms with Crippen molar-refractivity contribution in [1.82, 2.24) is 10.5 Å². The number of rotatable bonds is 7. The van der Waals surface area contributed by atoms with Crippen molar-refractivity contribution in [2.45, 2.75) is 45.6 Å². The standard InChI is InChI=1S/C20H28ClN3O/c1-15(2)20-13-19(25-23-20)14-22-9-6-16-7-10-24(11-8-16)18-5-3-4-17(21)12-18/h3-5,12-13,15-16,22H,6-11,14H2,1-2H3. The van der Waals surface area contributed by atoms with Gasteiger partial charge in [0.1, 0.15) is 0 Å². The molecule has 136 valence electrons. The van der Waals surface area contributed by atoms with Gasteiger partial charge in [0.25, 0.3) is 0 Å². The fourth-order valence-electron chi connectivity index (χ4n) is 3.35. The molecule has 0 amide bonds. The average Bonchev–Trinajstić information content (AvgIpc) is 3.09. The van der Waals surface area contributed by atoms with Crippen molar-refractivity contribution >= 4 is 17.3 Å². The first kappa shape index (κ1) is 18.3. The first-order valence-electron chi connectivity index (χ1n) is 9.28. The van der Waals surface area contributed by atoms with Crippen LogP contribution in [0.4, 0.5) is 5.69 Å². The van der Waals surface area contributed by atoms with E-state index >= 15 is 0 Å². The minimum Gasteiger partial charge on any atom is -0.371 e. The van der Waals surface area contributed by atoms with Gasteiger partial charge in [0.05, 0.1) is 12.2 Å². The normalized spacial score (nSPS) is 15.9. The Labute approximate surface area is 155 Å². The largest absolute Gasteiger partial charge is 0.371 e. The van der Waals surface area contributed by atoms with E-state index in [9.17, 15) is 0 Å². The number of nitrogens with zero attached hydrogens (tertiary/aromatic N) is 2. The Hall–Kier alpha value is -1.52. The van der Waals surface area contributed by atoms with E-state index in [4.69, 9.17) is 16.1 Å². The zero-order valence-electron chi connectivity index (χ0n) is 15.2. The van der Waals surface area contributed by atoms with Crippen molar-refractivity contribution in [1.29, 1.82) is 0 Å². The Morgan fingerprint density at radius 1 is 1.28 bits per heavy atom. The molecule has 1 aromatic heterocycles. The summed E-state index contributed by atoms with van der Waals surface area (Å²) in [7, 11) is 0. The van der Waals surface area contributed by atoms with Gasteiger partial charge in [-0.2, -0.15) is 0 Å². The third-order valence-electron chi connectivity index (χ3n) is 4.99. The number of piperidine rings is 1. The number of aromatic nitrogens is 1. The van der Waals surface area contributed by atoms with E-state index in [1.807, 2.05) is 12.1 Å². The molecule has 0 bridgehead atoms. The Balaban J connectivity index is 1.35. The predicted octanol–water partition coefficient (Wildman–Crippen LogP) is 4.85. The molecule has 1 aromatic carbocycles. The first-order chi connectivity index (χ1) is 12.1. The molecular weight excluding hydrogens is 334 g/mol. The van der Waals surface area contributed by atoms with Gasteiger partial charge in [0.2, 0.25) is 0 Å². The van der Waals surface area contributed by atoms with Gasteiger partial charge in [-0.15, -0.1) is 0 Å². The van der Waals surface area contributed by atoms with E-state index in [1.165, 1.54) is 24.9 Å². The highest BCUT2D eigenvalue weighted by Crippen LogP contribution is 2.26. The minimum atomic E-state index is 0.419. The molecule has 25 heavy (non-hydrogen) atoms. The van der Waals surface area contributed by atoms with E-state index in [0.29, 0.717) is 5.92 Å². The molecule has 1 saturated heterocycles. The van der Waals surface area contributed by atoms with Crippen molar-refractivity contribution < 1.29 is 4.52 Å². The summed E-state index contributed by atoms with van der Waals surface area (Å²) in [6.07, 6.45) is 3.70. The average molecular weight is 362 g/mol. The van der Waals surface area contributed by atoms with Crippen molar-refractivity contribution in [2.75, 3.05) is 24.5 Å². The van der Waals surface area contributed by atoms with E-state index in [0.717, 1.165) is 48.6 Å². The molecule has 0 saturated carbocycles. The maximum atomic E-state index is 6.10. The zero-order valence-corrected chi connectivity index (χ0v) is 15.9. The van der Waals surface area contributed by atoms with E-state index in [2.05, 4.69) is 47.4 Å². The molecule has 1 fully saturated rings. The topological polar surface area (TPSA) is 41.3 Å². The smallest absolute Gasteiger partial charge is 0.150 e. The Kier molecular flexibility index (Phi) is 6.38. The lowest BCUT2D eigenvalue weighted by molar-refractivity contribution is 0.349. The fourth-order valence-corrected chi connectivity index (χ4v) is 3.54. The van der Waals surface area contributed by atoms with Gasteiger partial charge in [-0.1, -0.05) is 36.7 Å². The summed E-state index contributed by atoms with van der Waals surface area (Å²) < 4.78 is 5.36. The highest BCUT2D eigenvalue weighted by atomic mass is 35.5. The van der Waals surface area contributed by atoms with Crippen LogP contribution in [-0.2, 0) is 6.54 Å². The molecule has 5 heteroatoms. The van der Waals surface area contributed by atoms with Gasteiger partial charge < -0.3 is 14.7 Å². The van der Waals surface area contributed by atoms with Crippen LogP contribution in [0.3, 0.4) is 0 Å². The summed E-state index contributed by atoms with van der Waals surface area (Å²) in [5, 5.41) is 8.40. The van der Waals surface area contributed by atoms with Crippen LogP contribution in [0.5, 0.6) is 0 Å². The first-order valence-corrected chi connectivity index (χ1v) is 9.66. The van der Waals surface area contributed by atoms with Crippen LogP contribution in [-0.4, -0.2) is 24.8 Å². The predicted molar refractivity (Wildman–Crippen MR) is 103 cm³/mol. The molecular formula is C20H28ClN3O. The van der Waals surface area contributed by atoms with Gasteiger partial charge in [-0.05, 0) is 55.8 Å². The maximum absolute atomic E-state index is 6.10. The lowest BCUT2D eigenvalue weighted by Crippen LogP contribution is -2.34. The number of hydrogen-bond acceptors (Lipinski definition) is 4. The van der Waals surface area contributed by atoms with Crippen molar-refractivity contribution in [3.05, 3.63) is 46.8 Å². The molecule has 0 unspecified atom stereocenters. The number of halogens is 1. The Bertz CT molecular complexity index is 662. The molecule has 2 heterocycles. The number of benzene rings is 1. The summed E-state index contributed by atoms with van der Waals surface area (Å²) in [4.78, 5) is 2.44. The van der Waals surface area contributed by atoms with Crippen LogP contribution in [0.15, 0.2) is 34.9 Å².